The Balaban J connectivity index is 3.33. The summed E-state index contributed by atoms with van der Waals surface area (Å²) in [5, 5.41) is 7.95. The summed E-state index contributed by atoms with van der Waals surface area (Å²) in [6.07, 6.45) is -10.1. The molecule has 0 amide bonds. The van der Waals surface area contributed by atoms with E-state index in [-0.39, 0.29) is 5.19 Å². The first-order valence-corrected chi connectivity index (χ1v) is 8.56. The van der Waals surface area contributed by atoms with E-state index in [4.69, 9.17) is 8.85 Å². The summed E-state index contributed by atoms with van der Waals surface area (Å²) in [6, 6.07) is 6.99. The first-order valence-electron chi connectivity index (χ1n) is 7.25. The van der Waals surface area contributed by atoms with Crippen molar-refractivity contribution in [3.05, 3.63) is 30.3 Å². The average Bonchev–Trinajstić information content (AvgIpc) is 2.50. The molecule has 0 saturated heterocycles. The molecule has 27 heavy (non-hydrogen) atoms. The minimum Gasteiger partial charge on any atom is -0.488 e. The number of nitrogens with zero attached hydrogens (tertiary/aromatic N) is 4. The zero-order valence-corrected chi connectivity index (χ0v) is 15.8. The highest BCUT2D eigenvalue weighted by Gasteiger charge is 2.46. The molecule has 13 heteroatoms. The van der Waals surface area contributed by atoms with Crippen LogP contribution in [0, 0.1) is 0 Å². The zero-order valence-electron chi connectivity index (χ0n) is 14.8. The predicted octanol–water partition coefficient (Wildman–Crippen LogP) is 2.29. The van der Waals surface area contributed by atoms with Gasteiger partial charge in [-0.3, -0.25) is 10.0 Å². The van der Waals surface area contributed by atoms with Crippen molar-refractivity contribution in [1.29, 1.82) is 0 Å². The fourth-order valence-electron chi connectivity index (χ4n) is 1.52. The Bertz CT molecular complexity index is 624. The van der Waals surface area contributed by atoms with E-state index in [9.17, 15) is 26.3 Å². The zero-order chi connectivity index (χ0) is 20.8. The van der Waals surface area contributed by atoms with Crippen molar-refractivity contribution >= 4 is 26.3 Å². The van der Waals surface area contributed by atoms with E-state index in [0.29, 0.717) is 0 Å². The van der Waals surface area contributed by atoms with E-state index in [1.807, 2.05) is 0 Å². The third-order valence-corrected chi connectivity index (χ3v) is 4.02. The molecule has 0 aromatic heterocycles. The van der Waals surface area contributed by atoms with Gasteiger partial charge in [-0.2, -0.15) is 26.3 Å². The second kappa shape index (κ2) is 8.97. The molecule has 0 spiro atoms. The Morgan fingerprint density at radius 1 is 0.778 bits per heavy atom. The molecule has 0 aliphatic heterocycles. The molecule has 1 rings (SSSR count). The lowest BCUT2D eigenvalue weighted by atomic mass is 10.4. The van der Waals surface area contributed by atoms with Gasteiger partial charge in [-0.05, 0) is 0 Å². The van der Waals surface area contributed by atoms with E-state index >= 15 is 0 Å². The van der Waals surface area contributed by atoms with Crippen LogP contribution in [0.25, 0.3) is 0 Å². The van der Waals surface area contributed by atoms with E-state index in [2.05, 4.69) is 10.2 Å². The Labute approximate surface area is 153 Å². The monoisotopic (exact) mass is 415 g/mol. The van der Waals surface area contributed by atoms with Crippen LogP contribution in [0.1, 0.15) is 0 Å². The summed E-state index contributed by atoms with van der Waals surface area (Å²) in [6.45, 7) is 0. The molecule has 151 valence electrons. The van der Waals surface area contributed by atoms with Crippen molar-refractivity contribution < 1.29 is 35.2 Å². The van der Waals surface area contributed by atoms with Gasteiger partial charge >= 0.3 is 33.4 Å². The van der Waals surface area contributed by atoms with Gasteiger partial charge < -0.3 is 8.85 Å². The maximum absolute atomic E-state index is 13.2. The molecule has 6 nitrogen and oxygen atoms in total. The number of hydrazone groups is 2. The van der Waals surface area contributed by atoms with Gasteiger partial charge in [0.15, 0.2) is 0 Å². The molecule has 0 fully saturated rings. The standard InChI is InChI=1S/C14H17F6N4O2Si/c1-23(2)21-11(13(15,16)17)25-27(10-8-6-5-7-9-10)26-12(14(18,19)20)22-24(3)4/h5-9H,1-4H3/b21-11+,22-12+. The maximum atomic E-state index is 13.2. The van der Waals surface area contributed by atoms with Crippen molar-refractivity contribution in [3.63, 3.8) is 0 Å². The molecule has 0 aliphatic rings. The molecule has 0 atom stereocenters. The fraction of sp³-hybridized carbons (Fsp3) is 0.429. The van der Waals surface area contributed by atoms with Gasteiger partial charge in [0.25, 0.3) is 0 Å². The number of alkyl halides is 6. The van der Waals surface area contributed by atoms with Gasteiger partial charge in [0.2, 0.25) is 0 Å². The topological polar surface area (TPSA) is 49.7 Å². The second-order valence-electron chi connectivity index (χ2n) is 5.36. The highest BCUT2D eigenvalue weighted by Crippen LogP contribution is 2.22. The summed E-state index contributed by atoms with van der Waals surface area (Å²) < 4.78 is 88.5. The van der Waals surface area contributed by atoms with Crippen LogP contribution in [0.2, 0.25) is 0 Å². The Morgan fingerprint density at radius 2 is 1.15 bits per heavy atom. The van der Waals surface area contributed by atoms with Crippen LogP contribution in [0.4, 0.5) is 26.3 Å². The average molecular weight is 415 g/mol. The van der Waals surface area contributed by atoms with Crippen molar-refractivity contribution in [1.82, 2.24) is 10.0 Å². The van der Waals surface area contributed by atoms with Crippen LogP contribution in [0.15, 0.2) is 40.5 Å². The molecule has 1 radical (unpaired) electrons. The quantitative estimate of drug-likeness (QED) is 0.244. The molecule has 0 N–H and O–H groups in total. The third kappa shape index (κ3) is 7.76. The lowest BCUT2D eigenvalue weighted by Crippen LogP contribution is -2.47. The Morgan fingerprint density at radius 3 is 1.44 bits per heavy atom. The lowest BCUT2D eigenvalue weighted by Gasteiger charge is -2.22. The first-order chi connectivity index (χ1) is 12.3. The van der Waals surface area contributed by atoms with Gasteiger partial charge in [0.1, 0.15) is 0 Å². The van der Waals surface area contributed by atoms with E-state index in [0.717, 1.165) is 10.0 Å². The highest BCUT2D eigenvalue weighted by atomic mass is 28.3. The summed E-state index contributed by atoms with van der Waals surface area (Å²) in [4.78, 5) is 0. The van der Waals surface area contributed by atoms with Crippen LogP contribution in [-0.4, -0.2) is 71.6 Å². The highest BCUT2D eigenvalue weighted by molar-refractivity contribution is 6.64. The molecule has 0 aliphatic carbocycles. The lowest BCUT2D eigenvalue weighted by molar-refractivity contribution is -0.0768. The first kappa shape index (κ1) is 22.6. The summed E-state index contributed by atoms with van der Waals surface area (Å²) in [5.74, 6) is -3.45. The molecule has 1 aromatic rings. The minimum absolute atomic E-state index is 0.00825. The van der Waals surface area contributed by atoms with Gasteiger partial charge in [-0.15, -0.1) is 10.2 Å². The molecular weight excluding hydrogens is 398 g/mol. The van der Waals surface area contributed by atoms with Crippen LogP contribution in [0.3, 0.4) is 0 Å². The number of benzene rings is 1. The van der Waals surface area contributed by atoms with Crippen molar-refractivity contribution in [2.75, 3.05) is 28.2 Å². The summed E-state index contributed by atoms with van der Waals surface area (Å²) >= 11 is 0. The van der Waals surface area contributed by atoms with Crippen LogP contribution < -0.4 is 5.19 Å². The molecule has 0 bridgehead atoms. The molecular formula is C14H17F6N4O2Si. The van der Waals surface area contributed by atoms with Crippen LogP contribution >= 0.6 is 0 Å². The van der Waals surface area contributed by atoms with Crippen LogP contribution in [0.5, 0.6) is 0 Å². The number of hydrogen-bond acceptors (Lipinski definition) is 6. The predicted molar refractivity (Wildman–Crippen MR) is 88.4 cm³/mol. The molecule has 0 unspecified atom stereocenters. The second-order valence-corrected chi connectivity index (χ2v) is 6.92. The van der Waals surface area contributed by atoms with E-state index < -0.39 is 33.4 Å². The minimum atomic E-state index is -5.03. The van der Waals surface area contributed by atoms with Gasteiger partial charge in [-0.25, -0.2) is 0 Å². The number of rotatable bonds is 5. The fourth-order valence-corrected chi connectivity index (χ4v) is 2.93. The van der Waals surface area contributed by atoms with Crippen molar-refractivity contribution in [2.45, 2.75) is 12.4 Å². The molecule has 0 saturated carbocycles. The van der Waals surface area contributed by atoms with Gasteiger partial charge in [-0.1, -0.05) is 30.3 Å². The van der Waals surface area contributed by atoms with Crippen molar-refractivity contribution in [2.24, 2.45) is 10.2 Å². The third-order valence-electron chi connectivity index (χ3n) is 2.45. The number of halogens is 6. The SMILES string of the molecule is CN(C)/N=C(/O[Si](O/C(=N/N(C)C)C(F)(F)F)c1ccccc1)C(F)(F)F. The Kier molecular flexibility index (Phi) is 7.51. The summed E-state index contributed by atoms with van der Waals surface area (Å²) in [7, 11) is 1.50. The maximum Gasteiger partial charge on any atom is 0.574 e. The van der Waals surface area contributed by atoms with Gasteiger partial charge in [0.05, 0.1) is 0 Å². The van der Waals surface area contributed by atoms with Gasteiger partial charge in [0, 0.05) is 33.4 Å². The van der Waals surface area contributed by atoms with E-state index in [1.165, 1.54) is 52.5 Å². The Hall–Kier alpha value is -2.44. The summed E-state index contributed by atoms with van der Waals surface area (Å²) in [5.41, 5.74) is 0. The molecule has 0 heterocycles. The van der Waals surface area contributed by atoms with Crippen molar-refractivity contribution in [3.8, 4) is 0 Å². The largest absolute Gasteiger partial charge is 0.574 e. The number of hydrogen-bond donors (Lipinski definition) is 0. The van der Waals surface area contributed by atoms with Crippen LogP contribution in [-0.2, 0) is 8.85 Å². The smallest absolute Gasteiger partial charge is 0.488 e. The normalized spacial score (nSPS) is 13.6. The molecule has 1 aromatic carbocycles. The van der Waals surface area contributed by atoms with E-state index in [1.54, 1.807) is 6.07 Å².